The van der Waals surface area contributed by atoms with Gasteiger partial charge in [-0.15, -0.1) is 11.3 Å². The molecule has 0 fully saturated rings. The number of aromatic nitrogens is 2. The molecule has 1 aromatic carbocycles. The minimum Gasteiger partial charge on any atom is -0.465 e. The van der Waals surface area contributed by atoms with Crippen LogP contribution in [0.3, 0.4) is 0 Å². The summed E-state index contributed by atoms with van der Waals surface area (Å²) in [5.74, 6) is -1.07. The first-order chi connectivity index (χ1) is 12.9. The van der Waals surface area contributed by atoms with E-state index >= 15 is 0 Å². The van der Waals surface area contributed by atoms with E-state index in [1.807, 2.05) is 6.92 Å². The molecule has 0 unspecified atom stereocenters. The number of benzene rings is 1. The molecular weight excluding hydrogens is 409 g/mol. The van der Waals surface area contributed by atoms with E-state index < -0.39 is 11.9 Å². The number of nitrogens with one attached hydrogen (secondary N) is 1. The number of nitrogens with zero attached hydrogens (tertiary/aromatic N) is 2. The molecule has 0 saturated carbocycles. The summed E-state index contributed by atoms with van der Waals surface area (Å²) in [4.78, 5) is 33.5. The fourth-order valence-corrected chi connectivity index (χ4v) is 4.08. The van der Waals surface area contributed by atoms with Crippen molar-refractivity contribution in [2.45, 2.75) is 6.92 Å². The predicted octanol–water partition coefficient (Wildman–Crippen LogP) is 4.86. The van der Waals surface area contributed by atoms with Gasteiger partial charge in [0, 0.05) is 38.4 Å². The van der Waals surface area contributed by atoms with Crippen LogP contribution in [0.25, 0.3) is 11.1 Å². The Morgan fingerprint density at radius 2 is 2.00 bits per heavy atom. The molecule has 2 heterocycles. The van der Waals surface area contributed by atoms with Gasteiger partial charge in [-0.2, -0.15) is 0 Å². The minimum absolute atomic E-state index is 0.130. The van der Waals surface area contributed by atoms with Gasteiger partial charge >= 0.3 is 5.97 Å². The van der Waals surface area contributed by atoms with Crippen molar-refractivity contribution in [2.24, 2.45) is 0 Å². The summed E-state index contributed by atoms with van der Waals surface area (Å²) in [5.41, 5.74) is 1.56. The Kier molecular flexibility index (Phi) is 5.74. The molecule has 0 spiro atoms. The Morgan fingerprint density at radius 1 is 1.22 bits per heavy atom. The number of methoxy groups -OCH3 is 1. The van der Waals surface area contributed by atoms with E-state index in [2.05, 4.69) is 15.3 Å². The number of ether oxygens (including phenoxy) is 1. The summed E-state index contributed by atoms with van der Waals surface area (Å²) >= 11 is 13.5. The molecule has 1 N–H and O–H groups in total. The smallest absolute Gasteiger partial charge is 0.341 e. The zero-order chi connectivity index (χ0) is 19.6. The Labute approximate surface area is 169 Å². The van der Waals surface area contributed by atoms with Crippen LogP contribution in [-0.2, 0) is 4.74 Å². The fraction of sp³-hybridized carbons (Fsp3) is 0.111. The largest absolute Gasteiger partial charge is 0.465 e. The van der Waals surface area contributed by atoms with Crippen LogP contribution in [0, 0.1) is 6.92 Å². The number of aryl methyl sites for hydroxylation is 1. The van der Waals surface area contributed by atoms with Crippen molar-refractivity contribution in [3.8, 4) is 11.1 Å². The molecule has 0 aliphatic heterocycles. The highest BCUT2D eigenvalue weighted by molar-refractivity contribution is 7.17. The average Bonchev–Trinajstić information content (AvgIpc) is 2.97. The topological polar surface area (TPSA) is 81.2 Å². The van der Waals surface area contributed by atoms with E-state index in [1.54, 1.807) is 18.2 Å². The molecular formula is C18H13Cl2N3O3S. The number of carbonyl (C=O) groups is 2. The van der Waals surface area contributed by atoms with Crippen LogP contribution in [0.1, 0.15) is 25.7 Å². The van der Waals surface area contributed by atoms with E-state index in [1.165, 1.54) is 37.0 Å². The summed E-state index contributed by atoms with van der Waals surface area (Å²) in [7, 11) is 1.27. The van der Waals surface area contributed by atoms with Gasteiger partial charge in [-0.1, -0.05) is 29.3 Å². The number of amides is 1. The molecule has 1 amide bonds. The second-order valence-corrected chi connectivity index (χ2v) is 7.47. The second kappa shape index (κ2) is 8.04. The van der Waals surface area contributed by atoms with Gasteiger partial charge in [-0.25, -0.2) is 9.78 Å². The van der Waals surface area contributed by atoms with Crippen LogP contribution in [0.4, 0.5) is 5.00 Å². The van der Waals surface area contributed by atoms with E-state index in [4.69, 9.17) is 27.9 Å². The van der Waals surface area contributed by atoms with Gasteiger partial charge in [-0.05, 0) is 19.1 Å². The number of anilines is 1. The van der Waals surface area contributed by atoms with Gasteiger partial charge in [-0.3, -0.25) is 9.78 Å². The molecule has 3 aromatic rings. The Bertz CT molecular complexity index is 1020. The van der Waals surface area contributed by atoms with Crippen LogP contribution >= 0.6 is 34.5 Å². The van der Waals surface area contributed by atoms with Crippen LogP contribution in [0.15, 0.2) is 36.8 Å². The Hall–Kier alpha value is -2.48. The van der Waals surface area contributed by atoms with Gasteiger partial charge < -0.3 is 10.1 Å². The van der Waals surface area contributed by atoms with Crippen LogP contribution in [0.5, 0.6) is 0 Å². The van der Waals surface area contributed by atoms with Crippen molar-refractivity contribution in [1.29, 1.82) is 0 Å². The quantitative estimate of drug-likeness (QED) is 0.608. The molecule has 0 atom stereocenters. The van der Waals surface area contributed by atoms with Crippen LogP contribution in [0.2, 0.25) is 10.0 Å². The SMILES string of the molecule is COC(=O)c1c(NC(=O)c2cnccn2)sc(C)c1-c1ccc(Cl)cc1Cl. The van der Waals surface area contributed by atoms with Crippen LogP contribution in [-0.4, -0.2) is 29.0 Å². The van der Waals surface area contributed by atoms with Gasteiger partial charge in [0.05, 0.1) is 13.3 Å². The van der Waals surface area contributed by atoms with Gasteiger partial charge in [0.15, 0.2) is 0 Å². The van der Waals surface area contributed by atoms with Crippen molar-refractivity contribution >= 4 is 51.4 Å². The third kappa shape index (κ3) is 3.95. The molecule has 0 saturated heterocycles. The fourth-order valence-electron chi connectivity index (χ4n) is 2.53. The molecule has 0 radical (unpaired) electrons. The lowest BCUT2D eigenvalue weighted by atomic mass is 10.0. The van der Waals surface area contributed by atoms with Crippen molar-refractivity contribution in [3.63, 3.8) is 0 Å². The molecule has 9 heteroatoms. The van der Waals surface area contributed by atoms with Gasteiger partial charge in [0.2, 0.25) is 0 Å². The summed E-state index contributed by atoms with van der Waals surface area (Å²) < 4.78 is 4.92. The molecule has 27 heavy (non-hydrogen) atoms. The molecule has 0 aliphatic carbocycles. The third-order valence-electron chi connectivity index (χ3n) is 3.70. The maximum Gasteiger partial charge on any atom is 0.341 e. The molecule has 6 nitrogen and oxygen atoms in total. The lowest BCUT2D eigenvalue weighted by Gasteiger charge is -2.09. The molecule has 138 valence electrons. The molecule has 3 rings (SSSR count). The van der Waals surface area contributed by atoms with Crippen LogP contribution < -0.4 is 5.32 Å². The van der Waals surface area contributed by atoms with Gasteiger partial charge in [0.25, 0.3) is 5.91 Å². The maximum absolute atomic E-state index is 12.5. The summed E-state index contributed by atoms with van der Waals surface area (Å²) in [6.45, 7) is 1.83. The zero-order valence-electron chi connectivity index (χ0n) is 14.2. The zero-order valence-corrected chi connectivity index (χ0v) is 16.6. The molecule has 0 aliphatic rings. The third-order valence-corrected chi connectivity index (χ3v) is 5.27. The standard InChI is InChI=1S/C18H13Cl2N3O3S/c1-9-14(11-4-3-10(19)7-12(11)20)15(18(25)26-2)17(27-9)23-16(24)13-8-21-5-6-22-13/h3-8H,1-2H3,(H,23,24). The first kappa shape index (κ1) is 19.3. The predicted molar refractivity (Wildman–Crippen MR) is 106 cm³/mol. The number of rotatable bonds is 4. The lowest BCUT2D eigenvalue weighted by molar-refractivity contribution is 0.0603. The number of carbonyl (C=O) groups excluding carboxylic acids is 2. The highest BCUT2D eigenvalue weighted by atomic mass is 35.5. The Morgan fingerprint density at radius 3 is 2.63 bits per heavy atom. The van der Waals surface area contributed by atoms with Crippen molar-refractivity contribution in [2.75, 3.05) is 12.4 Å². The number of halogens is 2. The summed E-state index contributed by atoms with van der Waals surface area (Å²) in [5, 5.41) is 3.92. The first-order valence-electron chi connectivity index (χ1n) is 7.67. The average molecular weight is 422 g/mol. The second-order valence-electron chi connectivity index (χ2n) is 5.40. The molecule has 2 aromatic heterocycles. The lowest BCUT2D eigenvalue weighted by Crippen LogP contribution is -2.15. The number of esters is 1. The van der Waals surface area contributed by atoms with Gasteiger partial charge in [0.1, 0.15) is 16.3 Å². The van der Waals surface area contributed by atoms with E-state index in [-0.39, 0.29) is 11.3 Å². The Balaban J connectivity index is 2.10. The summed E-state index contributed by atoms with van der Waals surface area (Å²) in [6, 6.07) is 4.99. The van der Waals surface area contributed by atoms with E-state index in [0.29, 0.717) is 26.2 Å². The minimum atomic E-state index is -0.588. The normalized spacial score (nSPS) is 10.5. The monoisotopic (exact) mass is 421 g/mol. The van der Waals surface area contributed by atoms with Crippen molar-refractivity contribution < 1.29 is 14.3 Å². The first-order valence-corrected chi connectivity index (χ1v) is 9.24. The molecule has 0 bridgehead atoms. The van der Waals surface area contributed by atoms with E-state index in [9.17, 15) is 9.59 Å². The van der Waals surface area contributed by atoms with E-state index in [0.717, 1.165) is 4.88 Å². The summed E-state index contributed by atoms with van der Waals surface area (Å²) in [6.07, 6.45) is 4.21. The van der Waals surface area contributed by atoms with Crippen molar-refractivity contribution in [1.82, 2.24) is 9.97 Å². The number of hydrogen-bond acceptors (Lipinski definition) is 6. The van der Waals surface area contributed by atoms with Crippen molar-refractivity contribution in [3.05, 3.63) is 63.0 Å². The maximum atomic E-state index is 12.5. The number of hydrogen-bond donors (Lipinski definition) is 1. The number of thiophene rings is 1. The highest BCUT2D eigenvalue weighted by Gasteiger charge is 2.26. The highest BCUT2D eigenvalue weighted by Crippen LogP contribution is 2.43.